The largest absolute Gasteiger partial charge is 0.366 e. The van der Waals surface area contributed by atoms with Gasteiger partial charge in [-0.1, -0.05) is 0 Å². The van der Waals surface area contributed by atoms with E-state index < -0.39 is 0 Å². The van der Waals surface area contributed by atoms with E-state index in [-0.39, 0.29) is 0 Å². The maximum Gasteiger partial charge on any atom is 0.124 e. The molecule has 0 saturated heterocycles. The van der Waals surface area contributed by atoms with Gasteiger partial charge in [0.15, 0.2) is 0 Å². The van der Waals surface area contributed by atoms with Crippen molar-refractivity contribution in [2.45, 2.75) is 6.54 Å². The molecule has 4 heteroatoms. The number of aromatic nitrogens is 3. The van der Waals surface area contributed by atoms with Gasteiger partial charge in [0.25, 0.3) is 0 Å². The Balaban J connectivity index is 1.98. The van der Waals surface area contributed by atoms with Crippen molar-refractivity contribution in [3.63, 3.8) is 0 Å². The lowest BCUT2D eigenvalue weighted by atomic mass is 10.3. The second kappa shape index (κ2) is 3.57. The molecule has 2 rings (SSSR count). The Bertz CT molecular complexity index is 413. The van der Waals surface area contributed by atoms with Crippen LogP contribution in [0.4, 0.5) is 5.82 Å². The Kier molecular flexibility index (Phi) is 2.26. The molecule has 0 bridgehead atoms. The molecule has 2 aromatic rings. The summed E-state index contributed by atoms with van der Waals surface area (Å²) in [5, 5.41) is 7.39. The van der Waals surface area contributed by atoms with Gasteiger partial charge in [0.05, 0.1) is 6.20 Å². The number of hydrogen-bond acceptors (Lipinski definition) is 2. The average Bonchev–Trinajstić information content (AvgIpc) is 2.72. The van der Waals surface area contributed by atoms with Crippen LogP contribution in [0.25, 0.3) is 0 Å². The first-order valence-electron chi connectivity index (χ1n) is 4.58. The van der Waals surface area contributed by atoms with Gasteiger partial charge >= 0.3 is 0 Å². The molecule has 4 nitrogen and oxygen atoms in total. The molecule has 0 radical (unpaired) electrons. The van der Waals surface area contributed by atoms with Crippen molar-refractivity contribution in [1.29, 1.82) is 0 Å². The van der Waals surface area contributed by atoms with Crippen molar-refractivity contribution in [3.8, 4) is 0 Å². The fourth-order valence-electron chi connectivity index (χ4n) is 1.41. The van der Waals surface area contributed by atoms with Crippen LogP contribution in [0.2, 0.25) is 0 Å². The number of anilines is 1. The molecule has 2 aromatic heterocycles. The molecule has 2 heterocycles. The Morgan fingerprint density at radius 1 is 1.36 bits per heavy atom. The third-order valence-electron chi connectivity index (χ3n) is 2.19. The molecule has 74 valence electrons. The van der Waals surface area contributed by atoms with Crippen molar-refractivity contribution in [2.24, 2.45) is 14.1 Å². The zero-order valence-corrected chi connectivity index (χ0v) is 8.44. The van der Waals surface area contributed by atoms with Gasteiger partial charge in [0, 0.05) is 39.1 Å². The average molecular weight is 190 g/mol. The molecule has 0 unspecified atom stereocenters. The number of nitrogens with zero attached hydrogens (tertiary/aromatic N) is 3. The van der Waals surface area contributed by atoms with E-state index in [1.807, 2.05) is 35.6 Å². The monoisotopic (exact) mass is 190 g/mol. The third kappa shape index (κ3) is 1.79. The lowest BCUT2D eigenvalue weighted by Gasteiger charge is -2.04. The predicted octanol–water partition coefficient (Wildman–Crippen LogP) is 1.37. The Labute approximate surface area is 83.2 Å². The highest BCUT2D eigenvalue weighted by Crippen LogP contribution is 2.07. The lowest BCUT2D eigenvalue weighted by molar-refractivity contribution is 0.768. The van der Waals surface area contributed by atoms with Crippen LogP contribution >= 0.6 is 0 Å². The van der Waals surface area contributed by atoms with Gasteiger partial charge < -0.3 is 9.88 Å². The predicted molar refractivity (Wildman–Crippen MR) is 55.9 cm³/mol. The number of aryl methyl sites for hydroxylation is 2. The van der Waals surface area contributed by atoms with Crippen LogP contribution in [0, 0.1) is 0 Å². The van der Waals surface area contributed by atoms with Crippen LogP contribution in [0.5, 0.6) is 0 Å². The van der Waals surface area contributed by atoms with Gasteiger partial charge in [0.1, 0.15) is 5.82 Å². The van der Waals surface area contributed by atoms with E-state index >= 15 is 0 Å². The number of nitrogens with one attached hydrogen (secondary N) is 1. The molecule has 0 fully saturated rings. The van der Waals surface area contributed by atoms with E-state index in [2.05, 4.69) is 22.7 Å². The van der Waals surface area contributed by atoms with Crippen molar-refractivity contribution < 1.29 is 0 Å². The quantitative estimate of drug-likeness (QED) is 0.793. The summed E-state index contributed by atoms with van der Waals surface area (Å²) >= 11 is 0. The molecule has 1 N–H and O–H groups in total. The summed E-state index contributed by atoms with van der Waals surface area (Å²) in [4.78, 5) is 0. The molecule has 0 saturated carbocycles. The Morgan fingerprint density at radius 3 is 2.79 bits per heavy atom. The minimum atomic E-state index is 0.834. The van der Waals surface area contributed by atoms with Crippen LogP contribution < -0.4 is 5.32 Å². The van der Waals surface area contributed by atoms with Crippen molar-refractivity contribution in [2.75, 3.05) is 5.32 Å². The first-order chi connectivity index (χ1) is 6.75. The van der Waals surface area contributed by atoms with Crippen molar-refractivity contribution in [1.82, 2.24) is 14.3 Å². The summed E-state index contributed by atoms with van der Waals surface area (Å²) in [6, 6.07) is 4.06. The van der Waals surface area contributed by atoms with Gasteiger partial charge in [-0.2, -0.15) is 5.10 Å². The molecule has 0 aliphatic carbocycles. The molecule has 0 spiro atoms. The minimum absolute atomic E-state index is 0.834. The van der Waals surface area contributed by atoms with Crippen molar-refractivity contribution >= 4 is 5.82 Å². The smallest absolute Gasteiger partial charge is 0.124 e. The van der Waals surface area contributed by atoms with E-state index in [1.54, 1.807) is 6.20 Å². The SMILES string of the molecule is Cn1ccc(CNc2ccnn2C)c1. The van der Waals surface area contributed by atoms with Crippen LogP contribution in [-0.2, 0) is 20.6 Å². The summed E-state index contributed by atoms with van der Waals surface area (Å²) < 4.78 is 3.86. The number of rotatable bonds is 3. The van der Waals surface area contributed by atoms with Crippen molar-refractivity contribution in [3.05, 3.63) is 36.3 Å². The second-order valence-corrected chi connectivity index (χ2v) is 3.38. The summed E-state index contributed by atoms with van der Waals surface area (Å²) in [6.45, 7) is 0.834. The molecule has 0 amide bonds. The number of hydrogen-bond donors (Lipinski definition) is 1. The standard InChI is InChI=1S/C10H14N4/c1-13-6-4-9(8-13)7-11-10-3-5-12-14(10)2/h3-6,8,11H,7H2,1-2H3. The van der Waals surface area contributed by atoms with Gasteiger partial charge in [-0.3, -0.25) is 4.68 Å². The molecule has 0 aliphatic rings. The topological polar surface area (TPSA) is 34.8 Å². The first kappa shape index (κ1) is 8.87. The highest BCUT2D eigenvalue weighted by Gasteiger charge is 1.98. The molecular formula is C10H14N4. The first-order valence-corrected chi connectivity index (χ1v) is 4.58. The minimum Gasteiger partial charge on any atom is -0.366 e. The van der Waals surface area contributed by atoms with Gasteiger partial charge in [-0.25, -0.2) is 0 Å². The van der Waals surface area contributed by atoms with E-state index in [1.165, 1.54) is 5.56 Å². The summed E-state index contributed by atoms with van der Waals surface area (Å²) in [5.74, 6) is 1.04. The zero-order valence-electron chi connectivity index (χ0n) is 8.44. The van der Waals surface area contributed by atoms with E-state index in [9.17, 15) is 0 Å². The summed E-state index contributed by atoms with van der Waals surface area (Å²) in [6.07, 6.45) is 5.93. The second-order valence-electron chi connectivity index (χ2n) is 3.38. The van der Waals surface area contributed by atoms with E-state index in [0.717, 1.165) is 12.4 Å². The molecule has 0 atom stereocenters. The lowest BCUT2D eigenvalue weighted by Crippen LogP contribution is -2.03. The van der Waals surface area contributed by atoms with E-state index in [0.29, 0.717) is 0 Å². The van der Waals surface area contributed by atoms with Crippen LogP contribution in [0.1, 0.15) is 5.56 Å². The summed E-state index contributed by atoms with van der Waals surface area (Å²) in [5.41, 5.74) is 1.27. The molecule has 14 heavy (non-hydrogen) atoms. The maximum atomic E-state index is 4.08. The molecular weight excluding hydrogens is 176 g/mol. The van der Waals surface area contributed by atoms with Crippen LogP contribution in [-0.4, -0.2) is 14.3 Å². The molecule has 0 aliphatic heterocycles. The van der Waals surface area contributed by atoms with E-state index in [4.69, 9.17) is 0 Å². The van der Waals surface area contributed by atoms with Crippen LogP contribution in [0.15, 0.2) is 30.7 Å². The fourth-order valence-corrected chi connectivity index (χ4v) is 1.41. The summed E-state index contributed by atoms with van der Waals surface area (Å²) in [7, 11) is 3.95. The third-order valence-corrected chi connectivity index (χ3v) is 2.19. The maximum absolute atomic E-state index is 4.08. The normalized spacial score (nSPS) is 10.4. The highest BCUT2D eigenvalue weighted by molar-refractivity contribution is 5.34. The van der Waals surface area contributed by atoms with Gasteiger partial charge in [-0.05, 0) is 11.6 Å². The fraction of sp³-hybridized carbons (Fsp3) is 0.300. The van der Waals surface area contributed by atoms with Gasteiger partial charge in [0.2, 0.25) is 0 Å². The molecule has 0 aromatic carbocycles. The van der Waals surface area contributed by atoms with Gasteiger partial charge in [-0.15, -0.1) is 0 Å². The highest BCUT2D eigenvalue weighted by atomic mass is 15.3. The van der Waals surface area contributed by atoms with Crippen LogP contribution in [0.3, 0.4) is 0 Å². The Hall–Kier alpha value is -1.71. The zero-order chi connectivity index (χ0) is 9.97. The Morgan fingerprint density at radius 2 is 2.21 bits per heavy atom.